The summed E-state index contributed by atoms with van der Waals surface area (Å²) in [5, 5.41) is 11.1. The SMILES string of the molecule is CC(CNC(=O)Cn1ccc(=O)[nH]c1=O)CC(=O)O. The van der Waals surface area contributed by atoms with Crippen LogP contribution in [-0.4, -0.2) is 33.1 Å². The number of H-pyrrole nitrogens is 1. The zero-order chi connectivity index (χ0) is 14.4. The van der Waals surface area contributed by atoms with E-state index in [9.17, 15) is 19.2 Å². The Morgan fingerprint density at radius 2 is 2.16 bits per heavy atom. The van der Waals surface area contributed by atoms with Gasteiger partial charge in [-0.05, 0) is 5.92 Å². The second-order valence-corrected chi connectivity index (χ2v) is 4.25. The minimum absolute atomic E-state index is 0.0428. The topological polar surface area (TPSA) is 121 Å². The van der Waals surface area contributed by atoms with E-state index < -0.39 is 23.1 Å². The van der Waals surface area contributed by atoms with Gasteiger partial charge in [-0.1, -0.05) is 6.92 Å². The molecule has 104 valence electrons. The van der Waals surface area contributed by atoms with Crippen molar-refractivity contribution in [3.05, 3.63) is 33.1 Å². The average Bonchev–Trinajstić information content (AvgIpc) is 2.29. The molecule has 0 spiro atoms. The second kappa shape index (κ2) is 6.53. The molecule has 19 heavy (non-hydrogen) atoms. The average molecular weight is 269 g/mol. The van der Waals surface area contributed by atoms with Gasteiger partial charge in [0.25, 0.3) is 5.56 Å². The lowest BCUT2D eigenvalue weighted by Crippen LogP contribution is -2.37. The van der Waals surface area contributed by atoms with Crippen LogP contribution in [-0.2, 0) is 16.1 Å². The van der Waals surface area contributed by atoms with Crippen molar-refractivity contribution in [1.82, 2.24) is 14.9 Å². The molecule has 0 aliphatic rings. The zero-order valence-corrected chi connectivity index (χ0v) is 10.4. The number of carboxylic acid groups (broad SMARTS) is 1. The third-order valence-corrected chi connectivity index (χ3v) is 2.38. The zero-order valence-electron chi connectivity index (χ0n) is 10.4. The van der Waals surface area contributed by atoms with E-state index in [0.29, 0.717) is 0 Å². The number of carboxylic acids is 1. The maximum absolute atomic E-state index is 11.5. The highest BCUT2D eigenvalue weighted by molar-refractivity contribution is 5.75. The Balaban J connectivity index is 2.49. The molecular weight excluding hydrogens is 254 g/mol. The molecule has 0 aliphatic heterocycles. The summed E-state index contributed by atoms with van der Waals surface area (Å²) in [6, 6.07) is 1.14. The molecule has 1 aromatic heterocycles. The normalized spacial score (nSPS) is 11.8. The number of carbonyl (C=O) groups excluding carboxylic acids is 1. The molecule has 3 N–H and O–H groups in total. The van der Waals surface area contributed by atoms with Crippen molar-refractivity contribution >= 4 is 11.9 Å². The van der Waals surface area contributed by atoms with Gasteiger partial charge in [-0.15, -0.1) is 0 Å². The third-order valence-electron chi connectivity index (χ3n) is 2.38. The van der Waals surface area contributed by atoms with E-state index >= 15 is 0 Å². The molecule has 0 fully saturated rings. The van der Waals surface area contributed by atoms with E-state index in [-0.39, 0.29) is 25.4 Å². The van der Waals surface area contributed by atoms with E-state index in [4.69, 9.17) is 5.11 Å². The van der Waals surface area contributed by atoms with Crippen molar-refractivity contribution in [3.8, 4) is 0 Å². The van der Waals surface area contributed by atoms with Gasteiger partial charge in [0.05, 0.1) is 0 Å². The molecule has 8 heteroatoms. The number of hydrogen-bond acceptors (Lipinski definition) is 4. The Kier molecular flexibility index (Phi) is 5.04. The Labute approximate surface area is 108 Å². The van der Waals surface area contributed by atoms with Gasteiger partial charge in [0.2, 0.25) is 5.91 Å². The molecule has 0 saturated heterocycles. The number of amides is 1. The Bertz CT molecular complexity index is 574. The lowest BCUT2D eigenvalue weighted by atomic mass is 10.1. The summed E-state index contributed by atoms with van der Waals surface area (Å²) >= 11 is 0. The fraction of sp³-hybridized carbons (Fsp3) is 0.455. The van der Waals surface area contributed by atoms with Gasteiger partial charge < -0.3 is 10.4 Å². The summed E-state index contributed by atoms with van der Waals surface area (Å²) in [5.41, 5.74) is -1.20. The van der Waals surface area contributed by atoms with Crippen LogP contribution in [0, 0.1) is 5.92 Å². The van der Waals surface area contributed by atoms with Crippen LogP contribution in [0.5, 0.6) is 0 Å². The van der Waals surface area contributed by atoms with Gasteiger partial charge in [-0.25, -0.2) is 4.79 Å². The standard InChI is InChI=1S/C11H15N3O5/c1-7(4-10(17)18)5-12-9(16)6-14-3-2-8(15)13-11(14)19/h2-3,7H,4-6H2,1H3,(H,12,16)(H,17,18)(H,13,15,19). The monoisotopic (exact) mass is 269 g/mol. The minimum atomic E-state index is -0.932. The van der Waals surface area contributed by atoms with Crippen LogP contribution in [0.1, 0.15) is 13.3 Å². The number of nitrogens with zero attached hydrogens (tertiary/aromatic N) is 1. The van der Waals surface area contributed by atoms with E-state index in [0.717, 1.165) is 10.6 Å². The lowest BCUT2D eigenvalue weighted by Gasteiger charge is -2.10. The first-order valence-electron chi connectivity index (χ1n) is 5.66. The summed E-state index contributed by atoms with van der Waals surface area (Å²) in [5.74, 6) is -1.56. The van der Waals surface area contributed by atoms with Crippen molar-refractivity contribution < 1.29 is 14.7 Å². The molecule has 1 unspecified atom stereocenters. The fourth-order valence-electron chi connectivity index (χ4n) is 1.44. The van der Waals surface area contributed by atoms with Crippen LogP contribution >= 0.6 is 0 Å². The third kappa shape index (κ3) is 5.19. The van der Waals surface area contributed by atoms with Crippen LogP contribution in [0.15, 0.2) is 21.9 Å². The minimum Gasteiger partial charge on any atom is -0.481 e. The van der Waals surface area contributed by atoms with Crippen molar-refractivity contribution in [3.63, 3.8) is 0 Å². The smallest absolute Gasteiger partial charge is 0.328 e. The molecule has 0 aliphatic carbocycles. The summed E-state index contributed by atoms with van der Waals surface area (Å²) in [6.07, 6.45) is 1.18. The number of aliphatic carboxylic acids is 1. The molecule has 1 atom stereocenters. The van der Waals surface area contributed by atoms with Crippen molar-refractivity contribution in [1.29, 1.82) is 0 Å². The number of carbonyl (C=O) groups is 2. The van der Waals surface area contributed by atoms with E-state index in [2.05, 4.69) is 5.32 Å². The Hall–Kier alpha value is -2.38. The Morgan fingerprint density at radius 1 is 1.47 bits per heavy atom. The first kappa shape index (κ1) is 14.7. The van der Waals surface area contributed by atoms with Gasteiger partial charge >= 0.3 is 11.7 Å². The lowest BCUT2D eigenvalue weighted by molar-refractivity contribution is -0.138. The van der Waals surface area contributed by atoms with Gasteiger partial charge in [-0.2, -0.15) is 0 Å². The van der Waals surface area contributed by atoms with Crippen molar-refractivity contribution in [2.45, 2.75) is 19.9 Å². The summed E-state index contributed by atoms with van der Waals surface area (Å²) in [4.78, 5) is 46.1. The molecule has 1 aromatic rings. The van der Waals surface area contributed by atoms with Crippen LogP contribution in [0.25, 0.3) is 0 Å². The number of rotatable bonds is 6. The number of aromatic nitrogens is 2. The number of hydrogen-bond donors (Lipinski definition) is 3. The first-order valence-corrected chi connectivity index (χ1v) is 5.66. The Morgan fingerprint density at radius 3 is 2.74 bits per heavy atom. The van der Waals surface area contributed by atoms with E-state index in [1.807, 2.05) is 4.98 Å². The fourth-order valence-corrected chi connectivity index (χ4v) is 1.44. The van der Waals surface area contributed by atoms with Crippen molar-refractivity contribution in [2.24, 2.45) is 5.92 Å². The number of aromatic amines is 1. The molecular formula is C11H15N3O5. The van der Waals surface area contributed by atoms with Crippen molar-refractivity contribution in [2.75, 3.05) is 6.54 Å². The van der Waals surface area contributed by atoms with E-state index in [1.165, 1.54) is 6.20 Å². The molecule has 0 aromatic carbocycles. The highest BCUT2D eigenvalue weighted by Gasteiger charge is 2.10. The summed E-state index contributed by atoms with van der Waals surface area (Å²) in [6.45, 7) is 1.68. The summed E-state index contributed by atoms with van der Waals surface area (Å²) in [7, 11) is 0. The molecule has 1 heterocycles. The molecule has 1 amide bonds. The van der Waals surface area contributed by atoms with Crippen LogP contribution in [0.4, 0.5) is 0 Å². The van der Waals surface area contributed by atoms with E-state index in [1.54, 1.807) is 6.92 Å². The first-order chi connectivity index (χ1) is 8.88. The van der Waals surface area contributed by atoms with Crippen LogP contribution < -0.4 is 16.6 Å². The molecule has 8 nitrogen and oxygen atoms in total. The highest BCUT2D eigenvalue weighted by atomic mass is 16.4. The van der Waals surface area contributed by atoms with Gasteiger partial charge in [0.15, 0.2) is 0 Å². The largest absolute Gasteiger partial charge is 0.481 e. The molecule has 0 bridgehead atoms. The molecule has 1 rings (SSSR count). The maximum atomic E-state index is 11.5. The van der Waals surface area contributed by atoms with Gasteiger partial charge in [-0.3, -0.25) is 23.9 Å². The van der Waals surface area contributed by atoms with Gasteiger partial charge in [0.1, 0.15) is 6.54 Å². The highest BCUT2D eigenvalue weighted by Crippen LogP contribution is 1.99. The van der Waals surface area contributed by atoms with Crippen LogP contribution in [0.2, 0.25) is 0 Å². The quantitative estimate of drug-likeness (QED) is 0.596. The summed E-state index contributed by atoms with van der Waals surface area (Å²) < 4.78 is 1.05. The molecule has 0 radical (unpaired) electrons. The predicted octanol–water partition coefficient (Wildman–Crippen LogP) is -1.24. The van der Waals surface area contributed by atoms with Crippen LogP contribution in [0.3, 0.4) is 0 Å². The molecule has 0 saturated carbocycles. The number of nitrogens with one attached hydrogen (secondary N) is 2. The maximum Gasteiger partial charge on any atom is 0.328 e. The second-order valence-electron chi connectivity index (χ2n) is 4.25. The van der Waals surface area contributed by atoms with Gasteiger partial charge in [0, 0.05) is 25.2 Å². The predicted molar refractivity (Wildman–Crippen MR) is 65.7 cm³/mol.